The molecule has 2 rings (SSSR count). The number of fused-ring (bicyclic) bond motifs is 2. The number of halogens is 1. The molecule has 1 amide bonds. The fourth-order valence-electron chi connectivity index (χ4n) is 2.72. The molecule has 0 aromatic carbocycles. The number of carbonyl (C=O) groups excluding carboxylic acids is 1. The van der Waals surface area contributed by atoms with Gasteiger partial charge in [0.05, 0.1) is 0 Å². The minimum atomic E-state index is 0.120. The van der Waals surface area contributed by atoms with Gasteiger partial charge in [0.1, 0.15) is 5.88 Å². The van der Waals surface area contributed by atoms with Crippen LogP contribution in [0.5, 0.6) is 0 Å². The van der Waals surface area contributed by atoms with Crippen molar-refractivity contribution in [1.29, 1.82) is 0 Å². The highest BCUT2D eigenvalue weighted by Crippen LogP contribution is 2.29. The fraction of sp³-hybridized carbons (Fsp3) is 0.900. The second-order valence-corrected chi connectivity index (χ2v) is 4.64. The van der Waals surface area contributed by atoms with Gasteiger partial charge in [-0.3, -0.25) is 4.79 Å². The van der Waals surface area contributed by atoms with Crippen LogP contribution in [0.2, 0.25) is 0 Å². The predicted molar refractivity (Wildman–Crippen MR) is 56.5 cm³/mol. The molecule has 0 aromatic heterocycles. The summed E-state index contributed by atoms with van der Waals surface area (Å²) in [6.45, 7) is 2.12. The van der Waals surface area contributed by atoms with Gasteiger partial charge in [-0.05, 0) is 32.9 Å². The van der Waals surface area contributed by atoms with Crippen molar-refractivity contribution in [2.24, 2.45) is 0 Å². The van der Waals surface area contributed by atoms with Crippen molar-refractivity contribution >= 4 is 17.5 Å². The van der Waals surface area contributed by atoms with E-state index in [1.165, 1.54) is 6.42 Å². The summed E-state index contributed by atoms with van der Waals surface area (Å²) >= 11 is 5.63. The van der Waals surface area contributed by atoms with E-state index in [-0.39, 0.29) is 11.8 Å². The monoisotopic (exact) mass is 216 g/mol. The molecule has 0 saturated carbocycles. The van der Waals surface area contributed by atoms with Crippen molar-refractivity contribution < 1.29 is 4.79 Å². The van der Waals surface area contributed by atoms with E-state index >= 15 is 0 Å². The van der Waals surface area contributed by atoms with Crippen LogP contribution in [-0.2, 0) is 4.79 Å². The lowest BCUT2D eigenvalue weighted by Gasteiger charge is -2.27. The fourth-order valence-corrected chi connectivity index (χ4v) is 2.86. The zero-order chi connectivity index (χ0) is 10.1. The van der Waals surface area contributed by atoms with E-state index in [1.54, 1.807) is 0 Å². The molecule has 0 radical (unpaired) electrons. The van der Waals surface area contributed by atoms with E-state index < -0.39 is 0 Å². The van der Waals surface area contributed by atoms with Crippen LogP contribution in [0.25, 0.3) is 0 Å². The number of nitrogens with zero attached hydrogens (tertiary/aromatic N) is 2. The summed E-state index contributed by atoms with van der Waals surface area (Å²) in [5.74, 6) is 0.256. The number of hydrogen-bond acceptors (Lipinski definition) is 2. The van der Waals surface area contributed by atoms with E-state index in [2.05, 4.69) is 11.9 Å². The molecule has 0 aliphatic carbocycles. The lowest BCUT2D eigenvalue weighted by atomic mass is 10.1. The molecule has 2 aliphatic heterocycles. The van der Waals surface area contributed by atoms with Gasteiger partial charge in [-0.15, -0.1) is 11.6 Å². The van der Waals surface area contributed by atoms with Gasteiger partial charge in [0.25, 0.3) is 0 Å². The van der Waals surface area contributed by atoms with Crippen LogP contribution in [0.3, 0.4) is 0 Å². The van der Waals surface area contributed by atoms with Gasteiger partial charge in [0.15, 0.2) is 0 Å². The summed E-state index contributed by atoms with van der Waals surface area (Å²) < 4.78 is 0. The van der Waals surface area contributed by atoms with Gasteiger partial charge in [0.2, 0.25) is 5.91 Å². The smallest absolute Gasteiger partial charge is 0.238 e. The minimum absolute atomic E-state index is 0.120. The maximum absolute atomic E-state index is 11.7. The van der Waals surface area contributed by atoms with Crippen LogP contribution < -0.4 is 0 Å². The lowest BCUT2D eigenvalue weighted by molar-refractivity contribution is -0.131. The van der Waals surface area contributed by atoms with Gasteiger partial charge >= 0.3 is 0 Å². The molecule has 4 heteroatoms. The number of rotatable bonds is 1. The Morgan fingerprint density at radius 3 is 2.79 bits per heavy atom. The van der Waals surface area contributed by atoms with Gasteiger partial charge < -0.3 is 9.80 Å². The summed E-state index contributed by atoms with van der Waals surface area (Å²) in [6, 6.07) is 0.870. The Kier molecular flexibility index (Phi) is 2.98. The van der Waals surface area contributed by atoms with Crippen molar-refractivity contribution in [3.8, 4) is 0 Å². The van der Waals surface area contributed by atoms with E-state index in [0.717, 1.165) is 25.9 Å². The van der Waals surface area contributed by atoms with Gasteiger partial charge in [-0.1, -0.05) is 0 Å². The minimum Gasteiger partial charge on any atom is -0.334 e. The standard InChI is InChI=1S/C10H17ClN2O/c1-12-5-4-8-2-3-9(7-12)13(8)10(14)6-11/h8-9H,2-7H2,1H3. The van der Waals surface area contributed by atoms with E-state index in [0.29, 0.717) is 12.1 Å². The van der Waals surface area contributed by atoms with Crippen LogP contribution in [0.15, 0.2) is 0 Å². The Morgan fingerprint density at radius 1 is 1.36 bits per heavy atom. The van der Waals surface area contributed by atoms with E-state index in [9.17, 15) is 4.79 Å². The van der Waals surface area contributed by atoms with Crippen LogP contribution in [0.4, 0.5) is 0 Å². The Hall–Kier alpha value is -0.280. The molecule has 2 unspecified atom stereocenters. The van der Waals surface area contributed by atoms with Crippen molar-refractivity contribution in [3.63, 3.8) is 0 Å². The Labute approximate surface area is 90.0 Å². The Balaban J connectivity index is 2.12. The summed E-state index contributed by atoms with van der Waals surface area (Å²) in [5, 5.41) is 0. The third kappa shape index (κ3) is 1.75. The zero-order valence-electron chi connectivity index (χ0n) is 8.58. The average molecular weight is 217 g/mol. The quantitative estimate of drug-likeness (QED) is 0.609. The normalized spacial score (nSPS) is 33.1. The van der Waals surface area contributed by atoms with Crippen LogP contribution in [0.1, 0.15) is 19.3 Å². The molecule has 2 heterocycles. The first-order valence-corrected chi connectivity index (χ1v) is 5.81. The number of hydrogen-bond donors (Lipinski definition) is 0. The second-order valence-electron chi connectivity index (χ2n) is 4.37. The first kappa shape index (κ1) is 10.2. The molecule has 0 N–H and O–H groups in total. The van der Waals surface area contributed by atoms with Crippen LogP contribution in [0, 0.1) is 0 Å². The molecular formula is C10H17ClN2O. The molecule has 2 bridgehead atoms. The number of alkyl halides is 1. The van der Waals surface area contributed by atoms with Gasteiger partial charge in [-0.25, -0.2) is 0 Å². The molecule has 2 saturated heterocycles. The van der Waals surface area contributed by atoms with Crippen LogP contribution >= 0.6 is 11.6 Å². The van der Waals surface area contributed by atoms with Gasteiger partial charge in [-0.2, -0.15) is 0 Å². The van der Waals surface area contributed by atoms with Crippen molar-refractivity contribution in [2.75, 3.05) is 26.0 Å². The molecule has 3 nitrogen and oxygen atoms in total. The van der Waals surface area contributed by atoms with Crippen LogP contribution in [-0.4, -0.2) is 53.8 Å². The third-order valence-corrected chi connectivity index (χ3v) is 3.62. The second kappa shape index (κ2) is 4.07. The highest BCUT2D eigenvalue weighted by atomic mass is 35.5. The molecule has 2 fully saturated rings. The van der Waals surface area contributed by atoms with Gasteiger partial charge in [0, 0.05) is 18.6 Å². The maximum atomic E-state index is 11.7. The number of amides is 1. The SMILES string of the molecule is CN1CCC2CCC(C1)N2C(=O)CCl. The predicted octanol–water partition coefficient (Wildman–Crippen LogP) is 0.920. The summed E-state index contributed by atoms with van der Waals surface area (Å²) in [5.41, 5.74) is 0. The first-order chi connectivity index (χ1) is 6.72. The Bertz CT molecular complexity index is 234. The highest BCUT2D eigenvalue weighted by molar-refractivity contribution is 6.27. The summed E-state index contributed by atoms with van der Waals surface area (Å²) in [6.07, 6.45) is 3.42. The highest BCUT2D eigenvalue weighted by Gasteiger charge is 2.38. The number of likely N-dealkylation sites (N-methyl/N-ethyl adjacent to an activating group) is 1. The Morgan fingerprint density at radius 2 is 2.07 bits per heavy atom. The largest absolute Gasteiger partial charge is 0.334 e. The third-order valence-electron chi connectivity index (χ3n) is 3.39. The lowest BCUT2D eigenvalue weighted by Crippen LogP contribution is -2.43. The molecule has 14 heavy (non-hydrogen) atoms. The molecular weight excluding hydrogens is 200 g/mol. The summed E-state index contributed by atoms with van der Waals surface area (Å²) in [7, 11) is 2.13. The molecule has 80 valence electrons. The van der Waals surface area contributed by atoms with Crippen molar-refractivity contribution in [1.82, 2.24) is 9.80 Å². The first-order valence-electron chi connectivity index (χ1n) is 5.28. The number of carbonyl (C=O) groups is 1. The molecule has 0 spiro atoms. The molecule has 0 aromatic rings. The topological polar surface area (TPSA) is 23.6 Å². The average Bonchev–Trinajstić information content (AvgIpc) is 2.47. The zero-order valence-corrected chi connectivity index (χ0v) is 9.33. The van der Waals surface area contributed by atoms with E-state index in [1.807, 2.05) is 4.90 Å². The summed E-state index contributed by atoms with van der Waals surface area (Å²) in [4.78, 5) is 16.0. The van der Waals surface area contributed by atoms with Crippen molar-refractivity contribution in [3.05, 3.63) is 0 Å². The molecule has 2 aliphatic rings. The van der Waals surface area contributed by atoms with Crippen molar-refractivity contribution in [2.45, 2.75) is 31.3 Å². The molecule has 2 atom stereocenters. The maximum Gasteiger partial charge on any atom is 0.238 e. The van der Waals surface area contributed by atoms with E-state index in [4.69, 9.17) is 11.6 Å². The number of likely N-dealkylation sites (tertiary alicyclic amines) is 1.